The molecule has 4 rings (SSSR count). The van der Waals surface area contributed by atoms with E-state index in [9.17, 15) is 9.59 Å². The van der Waals surface area contributed by atoms with Gasteiger partial charge in [-0.15, -0.1) is 0 Å². The van der Waals surface area contributed by atoms with E-state index in [1.807, 2.05) is 42.5 Å². The van der Waals surface area contributed by atoms with Crippen LogP contribution in [-0.2, 0) is 9.59 Å². The second-order valence-corrected chi connectivity index (χ2v) is 8.20. The fourth-order valence-electron chi connectivity index (χ4n) is 2.79. The number of hydrogen-bond donors (Lipinski definition) is 2. The third-order valence-corrected chi connectivity index (χ3v) is 5.48. The second-order valence-electron chi connectivity index (χ2n) is 6.73. The summed E-state index contributed by atoms with van der Waals surface area (Å²) in [5.41, 5.74) is 2.26. The molecule has 8 heteroatoms. The van der Waals surface area contributed by atoms with Crippen LogP contribution in [0.2, 0.25) is 5.02 Å². The molecule has 0 spiro atoms. The summed E-state index contributed by atoms with van der Waals surface area (Å²) in [6.07, 6.45) is 1.78. The number of amidine groups is 1. The number of nitrogens with one attached hydrogen (secondary N) is 2. The number of aliphatic imine (C=N–C) groups is 1. The van der Waals surface area contributed by atoms with Crippen LogP contribution in [0.5, 0.6) is 5.75 Å². The predicted octanol–water partition coefficient (Wildman–Crippen LogP) is 5.25. The number of anilines is 1. The third kappa shape index (κ3) is 6.00. The molecule has 1 aliphatic rings. The van der Waals surface area contributed by atoms with Crippen molar-refractivity contribution < 1.29 is 14.3 Å². The lowest BCUT2D eigenvalue weighted by atomic mass is 10.2. The summed E-state index contributed by atoms with van der Waals surface area (Å²) in [6, 6.07) is 23.4. The van der Waals surface area contributed by atoms with Gasteiger partial charge in [0.1, 0.15) is 5.75 Å². The van der Waals surface area contributed by atoms with Crippen molar-refractivity contribution in [3.8, 4) is 5.75 Å². The van der Waals surface area contributed by atoms with E-state index in [0.717, 1.165) is 11.3 Å². The summed E-state index contributed by atoms with van der Waals surface area (Å²) in [5.74, 6) is 0.0833. The summed E-state index contributed by atoms with van der Waals surface area (Å²) < 4.78 is 5.53. The summed E-state index contributed by atoms with van der Waals surface area (Å²) in [6.45, 7) is -0.124. The van der Waals surface area contributed by atoms with Gasteiger partial charge >= 0.3 is 0 Å². The summed E-state index contributed by atoms with van der Waals surface area (Å²) in [4.78, 5) is 29.2. The van der Waals surface area contributed by atoms with E-state index in [0.29, 0.717) is 26.5 Å². The van der Waals surface area contributed by atoms with Crippen molar-refractivity contribution in [2.45, 2.75) is 0 Å². The zero-order valence-corrected chi connectivity index (χ0v) is 18.3. The Morgan fingerprint density at radius 1 is 1.03 bits per heavy atom. The van der Waals surface area contributed by atoms with Crippen LogP contribution in [0.15, 0.2) is 88.8 Å². The lowest BCUT2D eigenvalue weighted by Gasteiger charge is -2.08. The number of carbonyl (C=O) groups excluding carboxylic acids is 2. The Morgan fingerprint density at radius 3 is 2.47 bits per heavy atom. The topological polar surface area (TPSA) is 79.8 Å². The van der Waals surface area contributed by atoms with E-state index < -0.39 is 0 Å². The summed E-state index contributed by atoms with van der Waals surface area (Å²) in [7, 11) is 0. The average Bonchev–Trinajstić information content (AvgIpc) is 3.14. The number of thioether (sulfide) groups is 1. The van der Waals surface area contributed by atoms with Crippen LogP contribution in [0, 0.1) is 0 Å². The van der Waals surface area contributed by atoms with E-state index >= 15 is 0 Å². The number of benzene rings is 3. The number of carbonyl (C=O) groups is 2. The molecule has 2 N–H and O–H groups in total. The second kappa shape index (κ2) is 10.2. The van der Waals surface area contributed by atoms with Gasteiger partial charge in [-0.2, -0.15) is 0 Å². The highest BCUT2D eigenvalue weighted by Gasteiger charge is 2.23. The quantitative estimate of drug-likeness (QED) is 0.489. The van der Waals surface area contributed by atoms with Crippen molar-refractivity contribution in [3.05, 3.63) is 94.4 Å². The molecule has 6 nitrogen and oxygen atoms in total. The van der Waals surface area contributed by atoms with E-state index in [2.05, 4.69) is 15.6 Å². The minimum atomic E-state index is -0.275. The first-order valence-electron chi connectivity index (χ1n) is 9.68. The number of rotatable bonds is 6. The molecule has 1 saturated heterocycles. The molecule has 2 amide bonds. The lowest BCUT2D eigenvalue weighted by Crippen LogP contribution is -2.20. The molecular formula is C24H18ClN3O3S. The fraction of sp³-hybridized carbons (Fsp3) is 0.0417. The molecule has 0 saturated carbocycles. The van der Waals surface area contributed by atoms with Crippen LogP contribution < -0.4 is 15.4 Å². The molecule has 1 heterocycles. The molecule has 1 fully saturated rings. The van der Waals surface area contributed by atoms with Gasteiger partial charge < -0.3 is 15.4 Å². The van der Waals surface area contributed by atoms with Crippen LogP contribution in [0.4, 0.5) is 11.4 Å². The molecule has 3 aromatic carbocycles. The first kappa shape index (κ1) is 21.7. The maximum Gasteiger partial charge on any atom is 0.264 e. The van der Waals surface area contributed by atoms with Gasteiger partial charge in [0.2, 0.25) is 0 Å². The predicted molar refractivity (Wildman–Crippen MR) is 129 cm³/mol. The number of para-hydroxylation sites is 1. The van der Waals surface area contributed by atoms with Gasteiger partial charge in [-0.25, -0.2) is 4.99 Å². The highest BCUT2D eigenvalue weighted by Crippen LogP contribution is 2.28. The molecule has 0 atom stereocenters. The van der Waals surface area contributed by atoms with Crippen molar-refractivity contribution in [1.82, 2.24) is 5.32 Å². The minimum absolute atomic E-state index is 0.124. The summed E-state index contributed by atoms with van der Waals surface area (Å²) >= 11 is 7.12. The molecule has 0 aromatic heterocycles. The molecular weight excluding hydrogens is 446 g/mol. The van der Waals surface area contributed by atoms with Crippen LogP contribution in [0.25, 0.3) is 6.08 Å². The van der Waals surface area contributed by atoms with Crippen molar-refractivity contribution in [2.75, 3.05) is 11.9 Å². The van der Waals surface area contributed by atoms with E-state index in [1.54, 1.807) is 42.5 Å². The van der Waals surface area contributed by atoms with Gasteiger partial charge in [0.15, 0.2) is 11.8 Å². The largest absolute Gasteiger partial charge is 0.484 e. The molecule has 0 radical (unpaired) electrons. The average molecular weight is 464 g/mol. The molecule has 160 valence electrons. The zero-order chi connectivity index (χ0) is 22.3. The molecule has 3 aromatic rings. The summed E-state index contributed by atoms with van der Waals surface area (Å²) in [5, 5.41) is 6.64. The lowest BCUT2D eigenvalue weighted by molar-refractivity contribution is -0.118. The van der Waals surface area contributed by atoms with Crippen molar-refractivity contribution in [2.24, 2.45) is 4.99 Å². The normalized spacial score (nSPS) is 15.6. The first-order valence-corrected chi connectivity index (χ1v) is 10.9. The van der Waals surface area contributed by atoms with Crippen LogP contribution in [0.3, 0.4) is 0 Å². The molecule has 0 bridgehead atoms. The van der Waals surface area contributed by atoms with Crippen LogP contribution in [0.1, 0.15) is 5.56 Å². The van der Waals surface area contributed by atoms with Gasteiger partial charge in [-0.1, -0.05) is 41.9 Å². The van der Waals surface area contributed by atoms with Gasteiger partial charge in [0.05, 0.1) is 10.6 Å². The standard InChI is InChI=1S/C24H18ClN3O3S/c25-17-8-10-19(11-9-17)26-22(29)15-31-20-12-6-16(7-13-20)14-21-23(30)28-24(32-21)27-18-4-2-1-3-5-18/h1-14H,15H2,(H,26,29)(H,27,28,30)/b21-14-. The Kier molecular flexibility index (Phi) is 6.89. The van der Waals surface area contributed by atoms with E-state index in [4.69, 9.17) is 16.3 Å². The molecule has 0 unspecified atom stereocenters. The number of amides is 2. The Labute approximate surface area is 194 Å². The molecule has 32 heavy (non-hydrogen) atoms. The smallest absolute Gasteiger partial charge is 0.264 e. The van der Waals surface area contributed by atoms with E-state index in [1.165, 1.54) is 11.8 Å². The SMILES string of the molecule is O=C(COc1ccc(/C=C2\SC(=Nc3ccccc3)NC2=O)cc1)Nc1ccc(Cl)cc1. The first-order chi connectivity index (χ1) is 15.5. The molecule has 1 aliphatic heterocycles. The highest BCUT2D eigenvalue weighted by molar-refractivity contribution is 8.18. The Balaban J connectivity index is 1.32. The monoisotopic (exact) mass is 463 g/mol. The number of ether oxygens (including phenoxy) is 1. The van der Waals surface area contributed by atoms with Gasteiger partial charge in [-0.05, 0) is 71.9 Å². The maximum atomic E-state index is 12.2. The number of halogens is 1. The Hall–Kier alpha value is -3.55. The van der Waals surface area contributed by atoms with Crippen LogP contribution >= 0.6 is 23.4 Å². The van der Waals surface area contributed by atoms with Crippen molar-refractivity contribution >= 4 is 57.8 Å². The van der Waals surface area contributed by atoms with Crippen molar-refractivity contribution in [1.29, 1.82) is 0 Å². The Bertz CT molecular complexity index is 1180. The van der Waals surface area contributed by atoms with Gasteiger partial charge in [0.25, 0.3) is 11.8 Å². The molecule has 0 aliphatic carbocycles. The van der Waals surface area contributed by atoms with Crippen LogP contribution in [-0.4, -0.2) is 23.6 Å². The zero-order valence-electron chi connectivity index (χ0n) is 16.7. The Morgan fingerprint density at radius 2 is 1.75 bits per heavy atom. The maximum absolute atomic E-state index is 12.2. The minimum Gasteiger partial charge on any atom is -0.484 e. The third-order valence-electron chi connectivity index (χ3n) is 4.31. The number of hydrogen-bond acceptors (Lipinski definition) is 5. The van der Waals surface area contributed by atoms with Crippen molar-refractivity contribution in [3.63, 3.8) is 0 Å². The highest BCUT2D eigenvalue weighted by atomic mass is 35.5. The van der Waals surface area contributed by atoms with Gasteiger partial charge in [0, 0.05) is 10.7 Å². The number of nitrogens with zero attached hydrogens (tertiary/aromatic N) is 1. The van der Waals surface area contributed by atoms with Gasteiger partial charge in [-0.3, -0.25) is 9.59 Å². The van der Waals surface area contributed by atoms with E-state index in [-0.39, 0.29) is 18.4 Å². The fourth-order valence-corrected chi connectivity index (χ4v) is 3.76.